The number of fused-ring (bicyclic) bond motifs is 1. The van der Waals surface area contributed by atoms with E-state index in [-0.39, 0.29) is 11.9 Å². The third kappa shape index (κ3) is 4.18. The van der Waals surface area contributed by atoms with Crippen molar-refractivity contribution >= 4 is 33.1 Å². The lowest BCUT2D eigenvalue weighted by atomic mass is 10.2. The topological polar surface area (TPSA) is 54.5 Å². The van der Waals surface area contributed by atoms with Crippen molar-refractivity contribution in [2.75, 3.05) is 25.0 Å². The van der Waals surface area contributed by atoms with E-state index < -0.39 is 0 Å². The number of carbonyl (C=O) groups excluding carboxylic acids is 1. The van der Waals surface area contributed by atoms with Crippen molar-refractivity contribution in [2.24, 2.45) is 0 Å². The molecule has 146 valence electrons. The summed E-state index contributed by atoms with van der Waals surface area (Å²) in [5, 5.41) is 4.13. The number of anilines is 1. The molecule has 1 unspecified atom stereocenters. The molecule has 1 N–H and O–H groups in total. The number of nitrogens with one attached hydrogen (secondary N) is 1. The van der Waals surface area contributed by atoms with Crippen LogP contribution in [-0.2, 0) is 4.79 Å². The monoisotopic (exact) mass is 395 g/mol. The summed E-state index contributed by atoms with van der Waals surface area (Å²) in [5.74, 6) is 0.711. The number of nitrogens with zero attached hydrogens (tertiary/aromatic N) is 2. The van der Waals surface area contributed by atoms with Crippen molar-refractivity contribution in [3.8, 4) is 5.75 Å². The Morgan fingerprint density at radius 1 is 1.25 bits per heavy atom. The first kappa shape index (κ1) is 18.9. The van der Waals surface area contributed by atoms with Gasteiger partial charge in [-0.2, -0.15) is 0 Å². The van der Waals surface area contributed by atoms with E-state index in [2.05, 4.69) is 29.3 Å². The van der Waals surface area contributed by atoms with E-state index in [0.29, 0.717) is 13.2 Å². The third-order valence-corrected chi connectivity index (χ3v) is 6.07. The lowest BCUT2D eigenvalue weighted by Gasteiger charge is -2.22. The molecule has 2 heterocycles. The summed E-state index contributed by atoms with van der Waals surface area (Å²) in [6, 6.07) is 16.0. The highest BCUT2D eigenvalue weighted by Gasteiger charge is 2.30. The smallest absolute Gasteiger partial charge is 0.238 e. The van der Waals surface area contributed by atoms with Crippen LogP contribution in [-0.4, -0.2) is 35.5 Å². The second-order valence-corrected chi connectivity index (χ2v) is 8.10. The molecule has 1 amide bonds. The van der Waals surface area contributed by atoms with Crippen molar-refractivity contribution in [2.45, 2.75) is 32.2 Å². The average Bonchev–Trinajstić information content (AvgIpc) is 3.33. The average molecular weight is 396 g/mol. The zero-order valence-electron chi connectivity index (χ0n) is 16.1. The van der Waals surface area contributed by atoms with E-state index in [1.165, 1.54) is 4.70 Å². The van der Waals surface area contributed by atoms with Crippen LogP contribution in [0, 0.1) is 0 Å². The molecule has 1 aliphatic heterocycles. The lowest BCUT2D eigenvalue weighted by molar-refractivity contribution is -0.117. The molecule has 1 aliphatic rings. The van der Waals surface area contributed by atoms with Gasteiger partial charge in [0.25, 0.3) is 0 Å². The number of carbonyl (C=O) groups is 1. The summed E-state index contributed by atoms with van der Waals surface area (Å²) in [4.78, 5) is 19.8. The molecule has 1 atom stereocenters. The van der Waals surface area contributed by atoms with E-state index >= 15 is 0 Å². The summed E-state index contributed by atoms with van der Waals surface area (Å²) in [7, 11) is 0. The van der Waals surface area contributed by atoms with Crippen LogP contribution in [0.1, 0.15) is 37.2 Å². The molecule has 2 aromatic carbocycles. The van der Waals surface area contributed by atoms with Gasteiger partial charge in [-0.05, 0) is 50.1 Å². The Balaban J connectivity index is 1.44. The molecule has 0 saturated carbocycles. The number of hydrogen-bond donors (Lipinski definition) is 1. The summed E-state index contributed by atoms with van der Waals surface area (Å²) in [6.45, 7) is 3.99. The van der Waals surface area contributed by atoms with Gasteiger partial charge in [0, 0.05) is 0 Å². The number of thiazole rings is 1. The molecule has 6 heteroatoms. The Bertz CT molecular complexity index is 923. The Labute approximate surface area is 169 Å². The Kier molecular flexibility index (Phi) is 5.88. The first-order valence-corrected chi connectivity index (χ1v) is 10.7. The van der Waals surface area contributed by atoms with Gasteiger partial charge < -0.3 is 10.1 Å². The van der Waals surface area contributed by atoms with Crippen LogP contribution >= 0.6 is 11.3 Å². The van der Waals surface area contributed by atoms with Gasteiger partial charge >= 0.3 is 0 Å². The minimum absolute atomic E-state index is 0.0134. The number of ether oxygens (including phenoxy) is 1. The molecule has 1 aromatic heterocycles. The van der Waals surface area contributed by atoms with Crippen LogP contribution in [0.4, 0.5) is 5.69 Å². The van der Waals surface area contributed by atoms with E-state index in [1.807, 2.05) is 36.4 Å². The van der Waals surface area contributed by atoms with Crippen LogP contribution in [0.3, 0.4) is 0 Å². The zero-order chi connectivity index (χ0) is 19.3. The number of para-hydroxylation sites is 3. The fraction of sp³-hybridized carbons (Fsp3) is 0.364. The number of rotatable bonds is 7. The quantitative estimate of drug-likeness (QED) is 0.621. The molecule has 1 saturated heterocycles. The fourth-order valence-electron chi connectivity index (χ4n) is 3.61. The van der Waals surface area contributed by atoms with Crippen LogP contribution in [0.2, 0.25) is 0 Å². The van der Waals surface area contributed by atoms with Crippen molar-refractivity contribution in [1.29, 1.82) is 0 Å². The molecule has 0 radical (unpaired) electrons. The maximum atomic E-state index is 12.7. The van der Waals surface area contributed by atoms with E-state index in [9.17, 15) is 4.79 Å². The van der Waals surface area contributed by atoms with Gasteiger partial charge in [0.2, 0.25) is 5.91 Å². The molecule has 5 nitrogen and oxygen atoms in total. The maximum Gasteiger partial charge on any atom is 0.238 e. The zero-order valence-corrected chi connectivity index (χ0v) is 16.9. The van der Waals surface area contributed by atoms with Gasteiger partial charge in [-0.25, -0.2) is 4.98 Å². The molecule has 28 heavy (non-hydrogen) atoms. The van der Waals surface area contributed by atoms with Crippen molar-refractivity contribution in [1.82, 2.24) is 9.88 Å². The van der Waals surface area contributed by atoms with Crippen LogP contribution in [0.25, 0.3) is 10.2 Å². The molecule has 4 rings (SSSR count). The van der Waals surface area contributed by atoms with Gasteiger partial charge in [-0.1, -0.05) is 31.2 Å². The predicted octanol–water partition coefficient (Wildman–Crippen LogP) is 4.86. The van der Waals surface area contributed by atoms with E-state index in [0.717, 1.165) is 47.8 Å². The molecular formula is C22H25N3O2S. The van der Waals surface area contributed by atoms with Crippen LogP contribution in [0.5, 0.6) is 5.75 Å². The normalized spacial score (nSPS) is 17.1. The van der Waals surface area contributed by atoms with Gasteiger partial charge in [0.15, 0.2) is 0 Å². The van der Waals surface area contributed by atoms with Crippen molar-refractivity contribution in [3.05, 3.63) is 53.5 Å². The number of likely N-dealkylation sites (tertiary alicyclic amines) is 1. The Hall–Kier alpha value is -2.44. The van der Waals surface area contributed by atoms with E-state index in [1.54, 1.807) is 11.3 Å². The molecular weight excluding hydrogens is 370 g/mol. The minimum Gasteiger partial charge on any atom is -0.491 e. The number of benzene rings is 2. The number of aromatic nitrogens is 1. The highest BCUT2D eigenvalue weighted by Crippen LogP contribution is 2.36. The summed E-state index contributed by atoms with van der Waals surface area (Å²) in [6.07, 6.45) is 3.06. The summed E-state index contributed by atoms with van der Waals surface area (Å²) in [5.41, 5.74) is 1.78. The minimum atomic E-state index is -0.0134. The summed E-state index contributed by atoms with van der Waals surface area (Å²) < 4.78 is 6.95. The van der Waals surface area contributed by atoms with Crippen LogP contribution in [0.15, 0.2) is 48.5 Å². The third-order valence-electron chi connectivity index (χ3n) is 4.93. The highest BCUT2D eigenvalue weighted by molar-refractivity contribution is 7.18. The Morgan fingerprint density at radius 3 is 2.93 bits per heavy atom. The van der Waals surface area contributed by atoms with Crippen molar-refractivity contribution < 1.29 is 9.53 Å². The lowest BCUT2D eigenvalue weighted by Crippen LogP contribution is -2.33. The van der Waals surface area contributed by atoms with E-state index in [4.69, 9.17) is 9.72 Å². The molecule has 0 bridgehead atoms. The second-order valence-electron chi connectivity index (χ2n) is 7.04. The highest BCUT2D eigenvalue weighted by atomic mass is 32.1. The summed E-state index contributed by atoms with van der Waals surface area (Å²) >= 11 is 1.74. The molecule has 1 fully saturated rings. The number of amides is 1. The standard InChI is InChI=1S/C22H25N3O2S/c1-2-14-27-19-11-5-3-8-16(19)23-21(26)15-25-13-7-10-18(25)22-24-17-9-4-6-12-20(17)28-22/h3-6,8-9,11-12,18H,2,7,10,13-15H2,1H3,(H,23,26). The molecule has 3 aromatic rings. The van der Waals surface area contributed by atoms with Gasteiger partial charge in [-0.15, -0.1) is 11.3 Å². The SMILES string of the molecule is CCCOc1ccccc1NC(=O)CN1CCCC1c1nc2ccccc2s1. The van der Waals surface area contributed by atoms with Crippen LogP contribution < -0.4 is 10.1 Å². The predicted molar refractivity (Wildman–Crippen MR) is 114 cm³/mol. The first-order chi connectivity index (χ1) is 13.7. The maximum absolute atomic E-state index is 12.7. The number of hydrogen-bond acceptors (Lipinski definition) is 5. The van der Waals surface area contributed by atoms with Gasteiger partial charge in [0.05, 0.1) is 35.1 Å². The Morgan fingerprint density at radius 2 is 2.07 bits per heavy atom. The molecule has 0 spiro atoms. The van der Waals surface area contributed by atoms with Crippen molar-refractivity contribution in [3.63, 3.8) is 0 Å². The first-order valence-electron chi connectivity index (χ1n) is 9.86. The van der Waals surface area contributed by atoms with Gasteiger partial charge in [0.1, 0.15) is 10.8 Å². The second kappa shape index (κ2) is 8.71. The fourth-order valence-corrected chi connectivity index (χ4v) is 4.75. The largest absolute Gasteiger partial charge is 0.491 e. The van der Waals surface area contributed by atoms with Gasteiger partial charge in [-0.3, -0.25) is 9.69 Å². The molecule has 0 aliphatic carbocycles.